The van der Waals surface area contributed by atoms with Crippen LogP contribution in [0.2, 0.25) is 0 Å². The Hall–Kier alpha value is -4.27. The number of nitrogens with one attached hydrogen (secondary N) is 2. The van der Waals surface area contributed by atoms with Crippen LogP contribution >= 0.6 is 0 Å². The number of aromatic nitrogens is 1. The predicted molar refractivity (Wildman–Crippen MR) is 138 cm³/mol. The lowest BCUT2D eigenvalue weighted by Crippen LogP contribution is -2.38. The number of hydrogen-bond donors (Lipinski definition) is 2. The number of carbonyl (C=O) groups is 2. The molecule has 0 spiro atoms. The molecule has 0 radical (unpaired) electrons. The third-order valence-corrected chi connectivity index (χ3v) is 6.14. The first-order chi connectivity index (χ1) is 17.5. The van der Waals surface area contributed by atoms with Gasteiger partial charge in [-0.1, -0.05) is 6.07 Å². The van der Waals surface area contributed by atoms with E-state index in [0.29, 0.717) is 65.9 Å². The van der Waals surface area contributed by atoms with Gasteiger partial charge in [-0.25, -0.2) is 4.98 Å². The van der Waals surface area contributed by atoms with Crippen LogP contribution in [0.1, 0.15) is 23.2 Å². The number of amides is 2. The Labute approximate surface area is 210 Å². The fourth-order valence-electron chi connectivity index (χ4n) is 4.13. The predicted octanol–water partition coefficient (Wildman–Crippen LogP) is 4.21. The number of piperidine rings is 1. The topological polar surface area (TPSA) is 102 Å². The number of anilines is 3. The fraction of sp³-hybridized carbons (Fsp3) is 0.296. The molecule has 1 aliphatic rings. The minimum absolute atomic E-state index is 0.0377. The molecule has 1 aliphatic heterocycles. The van der Waals surface area contributed by atoms with Gasteiger partial charge in [0.2, 0.25) is 5.91 Å². The average Bonchev–Trinajstić information content (AvgIpc) is 2.93. The van der Waals surface area contributed by atoms with Crippen LogP contribution in [-0.4, -0.2) is 51.2 Å². The van der Waals surface area contributed by atoms with Gasteiger partial charge in [-0.3, -0.25) is 9.59 Å². The lowest BCUT2D eigenvalue weighted by Gasteiger charge is -2.32. The largest absolute Gasteiger partial charge is 0.497 e. The lowest BCUT2D eigenvalue weighted by atomic mass is 9.95. The van der Waals surface area contributed by atoms with Crippen molar-refractivity contribution in [1.82, 2.24) is 4.98 Å². The van der Waals surface area contributed by atoms with E-state index in [9.17, 15) is 9.59 Å². The molecule has 2 heterocycles. The maximum atomic E-state index is 12.9. The summed E-state index contributed by atoms with van der Waals surface area (Å²) in [5.74, 6) is 2.21. The quantitative estimate of drug-likeness (QED) is 0.488. The van der Waals surface area contributed by atoms with E-state index in [4.69, 9.17) is 14.2 Å². The molecule has 0 atom stereocenters. The summed E-state index contributed by atoms with van der Waals surface area (Å²) in [7, 11) is 4.72. The first kappa shape index (κ1) is 24.8. The van der Waals surface area contributed by atoms with Gasteiger partial charge in [-0.05, 0) is 37.1 Å². The highest BCUT2D eigenvalue weighted by molar-refractivity contribution is 6.04. The minimum Gasteiger partial charge on any atom is -0.497 e. The molecule has 0 saturated carbocycles. The van der Waals surface area contributed by atoms with Gasteiger partial charge in [-0.2, -0.15) is 0 Å². The Kier molecular flexibility index (Phi) is 7.89. The normalized spacial score (nSPS) is 13.6. The second-order valence-corrected chi connectivity index (χ2v) is 8.44. The summed E-state index contributed by atoms with van der Waals surface area (Å²) >= 11 is 0. The number of ether oxygens (including phenoxy) is 3. The molecule has 1 aromatic heterocycles. The summed E-state index contributed by atoms with van der Waals surface area (Å²) in [4.78, 5) is 32.2. The Morgan fingerprint density at radius 3 is 2.17 bits per heavy atom. The average molecular weight is 491 g/mol. The van der Waals surface area contributed by atoms with Gasteiger partial charge in [0.25, 0.3) is 5.91 Å². The first-order valence-electron chi connectivity index (χ1n) is 11.7. The van der Waals surface area contributed by atoms with Gasteiger partial charge in [0.1, 0.15) is 23.1 Å². The molecule has 4 rings (SSSR count). The highest BCUT2D eigenvalue weighted by atomic mass is 16.5. The van der Waals surface area contributed by atoms with E-state index < -0.39 is 0 Å². The van der Waals surface area contributed by atoms with E-state index >= 15 is 0 Å². The Morgan fingerprint density at radius 1 is 0.833 bits per heavy atom. The van der Waals surface area contributed by atoms with Crippen molar-refractivity contribution in [2.75, 3.05) is 50.0 Å². The molecule has 9 nitrogen and oxygen atoms in total. The third kappa shape index (κ3) is 6.04. The van der Waals surface area contributed by atoms with Gasteiger partial charge in [0, 0.05) is 66.4 Å². The van der Waals surface area contributed by atoms with Crippen molar-refractivity contribution in [2.24, 2.45) is 5.92 Å². The molecule has 0 unspecified atom stereocenters. The fourth-order valence-corrected chi connectivity index (χ4v) is 4.13. The number of hydrogen-bond acceptors (Lipinski definition) is 7. The molecule has 9 heteroatoms. The lowest BCUT2D eigenvalue weighted by molar-refractivity contribution is -0.120. The zero-order valence-electron chi connectivity index (χ0n) is 20.6. The number of pyridine rings is 1. The molecule has 1 fully saturated rings. The SMILES string of the molecule is COc1cccc(NC(=O)c2ccnc(N3CCC(C(=O)Nc4cc(OC)cc(OC)c4)CC3)c2)c1. The summed E-state index contributed by atoms with van der Waals surface area (Å²) in [6.45, 7) is 1.32. The Morgan fingerprint density at radius 2 is 1.50 bits per heavy atom. The molecular formula is C27H30N4O5. The Balaban J connectivity index is 1.35. The van der Waals surface area contributed by atoms with Crippen molar-refractivity contribution in [3.8, 4) is 17.2 Å². The number of nitrogens with zero attached hydrogens (tertiary/aromatic N) is 2. The number of benzene rings is 2. The van der Waals surface area contributed by atoms with Crippen LogP contribution in [-0.2, 0) is 4.79 Å². The second kappa shape index (κ2) is 11.4. The van der Waals surface area contributed by atoms with Crippen molar-refractivity contribution in [1.29, 1.82) is 0 Å². The van der Waals surface area contributed by atoms with Crippen LogP contribution in [0.4, 0.5) is 17.2 Å². The smallest absolute Gasteiger partial charge is 0.255 e. The number of carbonyl (C=O) groups excluding carboxylic acids is 2. The first-order valence-corrected chi connectivity index (χ1v) is 11.7. The van der Waals surface area contributed by atoms with Gasteiger partial charge in [0.05, 0.1) is 21.3 Å². The molecule has 0 aliphatic carbocycles. The van der Waals surface area contributed by atoms with Crippen molar-refractivity contribution >= 4 is 29.0 Å². The number of rotatable bonds is 8. The molecule has 1 saturated heterocycles. The molecule has 3 aromatic rings. The van der Waals surface area contributed by atoms with Crippen LogP contribution in [0.5, 0.6) is 17.2 Å². The third-order valence-electron chi connectivity index (χ3n) is 6.14. The van der Waals surface area contributed by atoms with Gasteiger partial charge in [-0.15, -0.1) is 0 Å². The zero-order valence-corrected chi connectivity index (χ0v) is 20.6. The molecule has 0 bridgehead atoms. The molecule has 2 N–H and O–H groups in total. The van der Waals surface area contributed by atoms with Crippen molar-refractivity contribution in [3.63, 3.8) is 0 Å². The standard InChI is InChI=1S/C27H30N4O5/c1-34-22-6-4-5-20(14-22)29-27(33)19-7-10-28-25(13-19)31-11-8-18(9-12-31)26(32)30-21-15-23(35-2)17-24(16-21)36-3/h4-7,10,13-18H,8-9,11-12H2,1-3H3,(H,29,33)(H,30,32). The van der Waals surface area contributed by atoms with Gasteiger partial charge < -0.3 is 29.7 Å². The monoisotopic (exact) mass is 490 g/mol. The van der Waals surface area contributed by atoms with E-state index in [1.807, 2.05) is 12.1 Å². The summed E-state index contributed by atoms with van der Waals surface area (Å²) in [6, 6.07) is 15.9. The van der Waals surface area contributed by atoms with E-state index in [-0.39, 0.29) is 17.7 Å². The molecule has 188 valence electrons. The van der Waals surface area contributed by atoms with E-state index in [2.05, 4.69) is 20.5 Å². The zero-order chi connectivity index (χ0) is 25.5. The van der Waals surface area contributed by atoms with Crippen molar-refractivity contribution in [3.05, 3.63) is 66.4 Å². The van der Waals surface area contributed by atoms with E-state index in [1.54, 1.807) is 70.0 Å². The summed E-state index contributed by atoms with van der Waals surface area (Å²) < 4.78 is 15.8. The van der Waals surface area contributed by atoms with Crippen LogP contribution in [0.3, 0.4) is 0 Å². The molecular weight excluding hydrogens is 460 g/mol. The Bertz CT molecular complexity index is 1200. The van der Waals surface area contributed by atoms with Crippen molar-refractivity contribution in [2.45, 2.75) is 12.8 Å². The molecule has 2 aromatic carbocycles. The second-order valence-electron chi connectivity index (χ2n) is 8.44. The van der Waals surface area contributed by atoms with Crippen LogP contribution < -0.4 is 29.7 Å². The highest BCUT2D eigenvalue weighted by Gasteiger charge is 2.26. The number of methoxy groups -OCH3 is 3. The summed E-state index contributed by atoms with van der Waals surface area (Å²) in [6.07, 6.45) is 2.98. The maximum absolute atomic E-state index is 12.9. The van der Waals surface area contributed by atoms with E-state index in [0.717, 1.165) is 0 Å². The van der Waals surface area contributed by atoms with Crippen molar-refractivity contribution < 1.29 is 23.8 Å². The van der Waals surface area contributed by atoms with Crippen LogP contribution in [0, 0.1) is 5.92 Å². The van der Waals surface area contributed by atoms with Crippen LogP contribution in [0.15, 0.2) is 60.8 Å². The summed E-state index contributed by atoms with van der Waals surface area (Å²) in [5, 5.41) is 5.86. The van der Waals surface area contributed by atoms with Crippen LogP contribution in [0.25, 0.3) is 0 Å². The molecule has 2 amide bonds. The maximum Gasteiger partial charge on any atom is 0.255 e. The van der Waals surface area contributed by atoms with Gasteiger partial charge in [0.15, 0.2) is 0 Å². The van der Waals surface area contributed by atoms with E-state index in [1.165, 1.54) is 0 Å². The van der Waals surface area contributed by atoms with Gasteiger partial charge >= 0.3 is 0 Å². The molecule has 36 heavy (non-hydrogen) atoms. The summed E-state index contributed by atoms with van der Waals surface area (Å²) in [5.41, 5.74) is 1.79. The highest BCUT2D eigenvalue weighted by Crippen LogP contribution is 2.28. The minimum atomic E-state index is -0.227.